The molecule has 2 N–H and O–H groups in total. The van der Waals surface area contributed by atoms with E-state index >= 15 is 0 Å². The lowest BCUT2D eigenvalue weighted by Gasteiger charge is -2.09. The first kappa shape index (κ1) is 10.1. The Morgan fingerprint density at radius 2 is 2.36 bits per heavy atom. The van der Waals surface area contributed by atoms with Crippen LogP contribution in [0, 0.1) is 13.8 Å². The summed E-state index contributed by atoms with van der Waals surface area (Å²) in [6.07, 6.45) is -0.145. The minimum atomic E-state index is -0.200. The molecule has 1 aliphatic heterocycles. The second-order valence-electron chi connectivity index (χ2n) is 3.53. The van der Waals surface area contributed by atoms with Crippen LogP contribution in [-0.4, -0.2) is 19.3 Å². The van der Waals surface area contributed by atoms with Crippen LogP contribution in [0.3, 0.4) is 0 Å². The third-order valence-electron chi connectivity index (χ3n) is 2.35. The second-order valence-corrected chi connectivity index (χ2v) is 4.99. The molecule has 0 spiro atoms. The van der Waals surface area contributed by atoms with E-state index in [4.69, 9.17) is 15.2 Å². The van der Waals surface area contributed by atoms with Crippen molar-refractivity contribution in [3.05, 3.63) is 21.4 Å². The predicted molar refractivity (Wildman–Crippen MR) is 56.4 cm³/mol. The van der Waals surface area contributed by atoms with Gasteiger partial charge in [0.05, 0.1) is 12.7 Å². The summed E-state index contributed by atoms with van der Waals surface area (Å²) in [5, 5.41) is 0. The van der Waals surface area contributed by atoms with Gasteiger partial charge in [-0.3, -0.25) is 0 Å². The molecule has 4 heteroatoms. The van der Waals surface area contributed by atoms with Crippen molar-refractivity contribution >= 4 is 11.3 Å². The van der Waals surface area contributed by atoms with Crippen LogP contribution >= 0.6 is 11.3 Å². The van der Waals surface area contributed by atoms with Crippen molar-refractivity contribution in [2.75, 3.05) is 13.2 Å². The van der Waals surface area contributed by atoms with E-state index in [-0.39, 0.29) is 12.4 Å². The van der Waals surface area contributed by atoms with Crippen LogP contribution in [0.4, 0.5) is 0 Å². The Hall–Kier alpha value is -0.420. The highest BCUT2D eigenvalue weighted by Gasteiger charge is 2.28. The molecule has 14 heavy (non-hydrogen) atoms. The highest BCUT2D eigenvalue weighted by molar-refractivity contribution is 7.12. The molecule has 78 valence electrons. The highest BCUT2D eigenvalue weighted by Crippen LogP contribution is 2.33. The van der Waals surface area contributed by atoms with Gasteiger partial charge < -0.3 is 15.2 Å². The number of rotatable bonds is 2. The van der Waals surface area contributed by atoms with E-state index in [0.29, 0.717) is 13.2 Å². The summed E-state index contributed by atoms with van der Waals surface area (Å²) in [5.41, 5.74) is 6.67. The molecule has 2 heterocycles. The van der Waals surface area contributed by atoms with Crippen molar-refractivity contribution in [2.45, 2.75) is 26.2 Å². The molecule has 0 aliphatic carbocycles. The van der Waals surface area contributed by atoms with Gasteiger partial charge in [-0.1, -0.05) is 0 Å². The second kappa shape index (κ2) is 3.98. The van der Waals surface area contributed by atoms with E-state index in [2.05, 4.69) is 19.9 Å². The minimum absolute atomic E-state index is 0.0552. The van der Waals surface area contributed by atoms with Gasteiger partial charge >= 0.3 is 0 Å². The van der Waals surface area contributed by atoms with Crippen LogP contribution in [0.5, 0.6) is 0 Å². The molecule has 1 saturated heterocycles. The van der Waals surface area contributed by atoms with Crippen molar-refractivity contribution < 1.29 is 9.47 Å². The Morgan fingerprint density at radius 1 is 1.57 bits per heavy atom. The van der Waals surface area contributed by atoms with E-state index in [0.717, 1.165) is 5.56 Å². The van der Waals surface area contributed by atoms with Gasteiger partial charge in [0.25, 0.3) is 0 Å². The molecule has 1 aromatic rings. The SMILES string of the molecule is Cc1cc(C2OCC(CN)O2)c(C)s1. The number of hydrogen-bond acceptors (Lipinski definition) is 4. The fraction of sp³-hybridized carbons (Fsp3) is 0.600. The maximum Gasteiger partial charge on any atom is 0.185 e. The number of aryl methyl sites for hydroxylation is 2. The van der Waals surface area contributed by atoms with Gasteiger partial charge in [0.2, 0.25) is 0 Å². The van der Waals surface area contributed by atoms with E-state index in [1.165, 1.54) is 9.75 Å². The van der Waals surface area contributed by atoms with Crippen molar-refractivity contribution in [1.29, 1.82) is 0 Å². The third-order valence-corrected chi connectivity index (χ3v) is 3.33. The van der Waals surface area contributed by atoms with E-state index in [1.807, 2.05) is 0 Å². The number of nitrogens with two attached hydrogens (primary N) is 1. The zero-order valence-electron chi connectivity index (χ0n) is 8.45. The van der Waals surface area contributed by atoms with Crippen LogP contribution in [0.25, 0.3) is 0 Å². The van der Waals surface area contributed by atoms with Gasteiger partial charge in [0, 0.05) is 21.9 Å². The Morgan fingerprint density at radius 3 is 2.86 bits per heavy atom. The summed E-state index contributed by atoms with van der Waals surface area (Å²) in [6.45, 7) is 5.32. The van der Waals surface area contributed by atoms with E-state index in [1.54, 1.807) is 11.3 Å². The number of thiophene rings is 1. The summed E-state index contributed by atoms with van der Waals surface area (Å²) in [7, 11) is 0. The Labute approximate surface area is 87.8 Å². The largest absolute Gasteiger partial charge is 0.346 e. The highest BCUT2D eigenvalue weighted by atomic mass is 32.1. The lowest BCUT2D eigenvalue weighted by atomic mass is 10.2. The first-order chi connectivity index (χ1) is 6.70. The molecule has 0 amide bonds. The van der Waals surface area contributed by atoms with Crippen LogP contribution in [-0.2, 0) is 9.47 Å². The average Bonchev–Trinajstić information content (AvgIpc) is 2.71. The molecule has 1 aromatic heterocycles. The first-order valence-corrected chi connectivity index (χ1v) is 5.56. The van der Waals surface area contributed by atoms with Gasteiger partial charge in [-0.05, 0) is 19.9 Å². The van der Waals surface area contributed by atoms with Gasteiger partial charge in [-0.2, -0.15) is 0 Å². The van der Waals surface area contributed by atoms with Crippen LogP contribution in [0.1, 0.15) is 21.6 Å². The van der Waals surface area contributed by atoms with E-state index in [9.17, 15) is 0 Å². The molecule has 1 aliphatic rings. The molecule has 1 fully saturated rings. The zero-order valence-corrected chi connectivity index (χ0v) is 9.26. The van der Waals surface area contributed by atoms with Gasteiger partial charge in [0.15, 0.2) is 6.29 Å². The average molecular weight is 213 g/mol. The van der Waals surface area contributed by atoms with E-state index < -0.39 is 0 Å². The normalized spacial score (nSPS) is 27.1. The molecule has 0 bridgehead atoms. The molecule has 0 aromatic carbocycles. The Kier molecular flexibility index (Phi) is 2.88. The summed E-state index contributed by atoms with van der Waals surface area (Å²) in [6, 6.07) is 2.13. The predicted octanol–water partition coefficient (Wildman–Crippen LogP) is 1.74. The van der Waals surface area contributed by atoms with Crippen molar-refractivity contribution in [2.24, 2.45) is 5.73 Å². The minimum Gasteiger partial charge on any atom is -0.346 e. The fourth-order valence-corrected chi connectivity index (χ4v) is 2.56. The summed E-state index contributed by atoms with van der Waals surface area (Å²) in [5.74, 6) is 0. The monoisotopic (exact) mass is 213 g/mol. The summed E-state index contributed by atoms with van der Waals surface area (Å²) >= 11 is 1.77. The van der Waals surface area contributed by atoms with Crippen LogP contribution in [0.2, 0.25) is 0 Å². The fourth-order valence-electron chi connectivity index (χ4n) is 1.62. The van der Waals surface area contributed by atoms with Crippen LogP contribution < -0.4 is 5.73 Å². The van der Waals surface area contributed by atoms with Crippen molar-refractivity contribution in [3.63, 3.8) is 0 Å². The maximum absolute atomic E-state index is 5.65. The lowest BCUT2D eigenvalue weighted by molar-refractivity contribution is -0.0586. The summed E-state index contributed by atoms with van der Waals surface area (Å²) in [4.78, 5) is 2.56. The maximum atomic E-state index is 5.65. The summed E-state index contributed by atoms with van der Waals surface area (Å²) < 4.78 is 11.2. The number of ether oxygens (including phenoxy) is 2. The van der Waals surface area contributed by atoms with Crippen molar-refractivity contribution in [1.82, 2.24) is 0 Å². The number of hydrogen-bond donors (Lipinski definition) is 1. The zero-order chi connectivity index (χ0) is 10.1. The molecule has 2 atom stereocenters. The standard InChI is InChI=1S/C10H15NO2S/c1-6-3-9(7(2)14-6)10-12-5-8(4-11)13-10/h3,8,10H,4-5,11H2,1-2H3. The first-order valence-electron chi connectivity index (χ1n) is 4.74. The molecular formula is C10H15NO2S. The van der Waals surface area contributed by atoms with Crippen molar-refractivity contribution in [3.8, 4) is 0 Å². The molecular weight excluding hydrogens is 198 g/mol. The van der Waals surface area contributed by atoms with Gasteiger partial charge in [-0.25, -0.2) is 0 Å². The lowest BCUT2D eigenvalue weighted by Crippen LogP contribution is -2.21. The molecule has 0 radical (unpaired) electrons. The molecule has 2 unspecified atom stereocenters. The molecule has 2 rings (SSSR count). The quantitative estimate of drug-likeness (QED) is 0.813. The molecule has 3 nitrogen and oxygen atoms in total. The third kappa shape index (κ3) is 1.83. The molecule has 0 saturated carbocycles. The Balaban J connectivity index is 2.13. The smallest absolute Gasteiger partial charge is 0.185 e. The van der Waals surface area contributed by atoms with Gasteiger partial charge in [-0.15, -0.1) is 11.3 Å². The van der Waals surface area contributed by atoms with Gasteiger partial charge in [0.1, 0.15) is 0 Å². The topological polar surface area (TPSA) is 44.5 Å². The van der Waals surface area contributed by atoms with Crippen LogP contribution in [0.15, 0.2) is 6.07 Å². The Bertz CT molecular complexity index is 324.